The van der Waals surface area contributed by atoms with Crippen LogP contribution in [0.1, 0.15) is 11.4 Å². The van der Waals surface area contributed by atoms with Crippen LogP contribution in [-0.4, -0.2) is 67.1 Å². The van der Waals surface area contributed by atoms with Crippen molar-refractivity contribution in [2.45, 2.75) is 25.7 Å². The van der Waals surface area contributed by atoms with Gasteiger partial charge in [0.2, 0.25) is 5.91 Å². The molecule has 3 rings (SSSR count). The zero-order valence-corrected chi connectivity index (χ0v) is 19.3. The molecule has 0 bridgehead atoms. The van der Waals surface area contributed by atoms with Gasteiger partial charge >= 0.3 is 6.18 Å². The number of amides is 1. The van der Waals surface area contributed by atoms with Crippen molar-refractivity contribution in [2.75, 3.05) is 45.4 Å². The molecular formula is C20H23Cl2F3N4O3. The van der Waals surface area contributed by atoms with Crippen molar-refractivity contribution in [1.82, 2.24) is 14.7 Å². The number of ether oxygens (including phenoxy) is 2. The second kappa shape index (κ2) is 9.76. The summed E-state index contributed by atoms with van der Waals surface area (Å²) in [6.45, 7) is 2.62. The summed E-state index contributed by atoms with van der Waals surface area (Å²) in [5, 5.41) is 3.50. The summed E-state index contributed by atoms with van der Waals surface area (Å²) in [5.74, 6) is 0.181. The van der Waals surface area contributed by atoms with Gasteiger partial charge in [0, 0.05) is 38.5 Å². The maximum absolute atomic E-state index is 13.1. The Morgan fingerprint density at radius 1 is 1.25 bits per heavy atom. The van der Waals surface area contributed by atoms with Gasteiger partial charge < -0.3 is 19.3 Å². The molecule has 1 fully saturated rings. The lowest BCUT2D eigenvalue weighted by Gasteiger charge is -2.42. The van der Waals surface area contributed by atoms with E-state index in [2.05, 4.69) is 10.00 Å². The highest BCUT2D eigenvalue weighted by atomic mass is 35.5. The summed E-state index contributed by atoms with van der Waals surface area (Å²) in [7, 11) is 3.09. The molecule has 1 amide bonds. The Bertz CT molecular complexity index is 984. The highest BCUT2D eigenvalue weighted by molar-refractivity contribution is 6.32. The molecule has 176 valence electrons. The third-order valence-electron chi connectivity index (χ3n) is 5.35. The smallest absolute Gasteiger partial charge is 0.436 e. The lowest BCUT2D eigenvalue weighted by molar-refractivity contribution is -0.142. The van der Waals surface area contributed by atoms with Gasteiger partial charge in [-0.2, -0.15) is 18.3 Å². The number of anilines is 1. The van der Waals surface area contributed by atoms with Crippen molar-refractivity contribution in [3.63, 3.8) is 0 Å². The lowest BCUT2D eigenvalue weighted by atomic mass is 10.1. The Morgan fingerprint density at radius 3 is 2.56 bits per heavy atom. The summed E-state index contributed by atoms with van der Waals surface area (Å²) in [6, 6.07) is 5.24. The molecule has 1 aromatic carbocycles. The molecule has 2 aromatic rings. The van der Waals surface area contributed by atoms with Crippen LogP contribution in [-0.2, 0) is 22.3 Å². The van der Waals surface area contributed by atoms with Gasteiger partial charge in [-0.15, -0.1) is 0 Å². The third-order valence-corrected chi connectivity index (χ3v) is 6.11. The molecule has 7 nitrogen and oxygen atoms in total. The average Bonchev–Trinajstić information content (AvgIpc) is 3.03. The first-order valence-electron chi connectivity index (χ1n) is 9.73. The fraction of sp³-hybridized carbons (Fsp3) is 0.500. The Kier molecular flexibility index (Phi) is 7.46. The number of hydrogen-bond acceptors (Lipinski definition) is 5. The minimum absolute atomic E-state index is 0.0904. The van der Waals surface area contributed by atoms with E-state index in [9.17, 15) is 18.0 Å². The van der Waals surface area contributed by atoms with Crippen LogP contribution in [0.25, 0.3) is 0 Å². The van der Waals surface area contributed by atoms with Crippen molar-refractivity contribution < 1.29 is 27.4 Å². The molecular weight excluding hydrogens is 472 g/mol. The number of carbonyl (C=O) groups excluding carboxylic acids is 1. The largest absolute Gasteiger partial charge is 0.495 e. The molecule has 32 heavy (non-hydrogen) atoms. The molecule has 1 saturated heterocycles. The monoisotopic (exact) mass is 494 g/mol. The Balaban J connectivity index is 1.75. The molecule has 12 heteroatoms. The van der Waals surface area contributed by atoms with Crippen LogP contribution in [0.15, 0.2) is 18.2 Å². The van der Waals surface area contributed by atoms with Crippen molar-refractivity contribution in [1.29, 1.82) is 0 Å². The topological polar surface area (TPSA) is 59.8 Å². The quantitative estimate of drug-likeness (QED) is 0.609. The molecule has 0 spiro atoms. The molecule has 1 aliphatic rings. The number of hydrogen-bond donors (Lipinski definition) is 0. The number of piperazine rings is 1. The second-order valence-corrected chi connectivity index (χ2v) is 8.15. The number of benzene rings is 1. The summed E-state index contributed by atoms with van der Waals surface area (Å²) in [6.07, 6.45) is -4.69. The fourth-order valence-corrected chi connectivity index (χ4v) is 4.11. The number of alkyl halides is 3. The highest BCUT2D eigenvalue weighted by Gasteiger charge is 2.39. The minimum atomic E-state index is -4.69. The summed E-state index contributed by atoms with van der Waals surface area (Å²) in [5.41, 5.74) is -0.235. The maximum Gasteiger partial charge on any atom is 0.436 e. The maximum atomic E-state index is 13.1. The van der Waals surface area contributed by atoms with Crippen LogP contribution in [0.4, 0.5) is 18.9 Å². The van der Waals surface area contributed by atoms with E-state index in [1.54, 1.807) is 18.1 Å². The fourth-order valence-electron chi connectivity index (χ4n) is 3.67. The Labute approximate surface area is 193 Å². The summed E-state index contributed by atoms with van der Waals surface area (Å²) >= 11 is 11.9. The minimum Gasteiger partial charge on any atom is -0.495 e. The van der Waals surface area contributed by atoms with Crippen LogP contribution in [0, 0.1) is 6.92 Å². The van der Waals surface area contributed by atoms with Gasteiger partial charge in [-0.1, -0.05) is 23.2 Å². The molecule has 1 aromatic heterocycles. The zero-order chi connectivity index (χ0) is 23.6. The summed E-state index contributed by atoms with van der Waals surface area (Å²) in [4.78, 5) is 16.6. The van der Waals surface area contributed by atoms with Crippen LogP contribution in [0.5, 0.6) is 5.75 Å². The molecule has 1 aliphatic heterocycles. The molecule has 0 saturated carbocycles. The molecule has 0 aliphatic carbocycles. The van der Waals surface area contributed by atoms with E-state index in [0.717, 1.165) is 10.4 Å². The van der Waals surface area contributed by atoms with Crippen molar-refractivity contribution in [2.24, 2.45) is 0 Å². The predicted molar refractivity (Wildman–Crippen MR) is 115 cm³/mol. The third kappa shape index (κ3) is 5.07. The number of carbonyl (C=O) groups is 1. The zero-order valence-electron chi connectivity index (χ0n) is 17.7. The van der Waals surface area contributed by atoms with E-state index in [1.165, 1.54) is 14.0 Å². The Hall–Kier alpha value is -2.17. The van der Waals surface area contributed by atoms with Gasteiger partial charge in [0.1, 0.15) is 12.3 Å². The highest BCUT2D eigenvalue weighted by Crippen LogP contribution is 2.35. The van der Waals surface area contributed by atoms with Crippen LogP contribution < -0.4 is 9.64 Å². The normalized spacial score (nSPS) is 17.1. The van der Waals surface area contributed by atoms with Gasteiger partial charge in [0.15, 0.2) is 5.69 Å². The van der Waals surface area contributed by atoms with Crippen molar-refractivity contribution in [3.8, 4) is 5.75 Å². The summed E-state index contributed by atoms with van der Waals surface area (Å²) < 4.78 is 50.8. The first-order valence-corrected chi connectivity index (χ1v) is 10.5. The van der Waals surface area contributed by atoms with Crippen LogP contribution >= 0.6 is 23.2 Å². The van der Waals surface area contributed by atoms with E-state index >= 15 is 0 Å². The Morgan fingerprint density at radius 2 is 1.97 bits per heavy atom. The van der Waals surface area contributed by atoms with Crippen LogP contribution in [0.2, 0.25) is 10.0 Å². The van der Waals surface area contributed by atoms with Crippen LogP contribution in [0.3, 0.4) is 0 Å². The van der Waals surface area contributed by atoms with Crippen molar-refractivity contribution >= 4 is 34.8 Å². The van der Waals surface area contributed by atoms with E-state index < -0.39 is 16.9 Å². The first kappa shape index (κ1) is 24.5. The van der Waals surface area contributed by atoms with E-state index in [-0.39, 0.29) is 24.2 Å². The number of nitrogens with zero attached hydrogens (tertiary/aromatic N) is 4. The molecule has 2 heterocycles. The average molecular weight is 495 g/mol. The number of aromatic nitrogens is 2. The molecule has 0 N–H and O–H groups in total. The number of halogens is 5. The van der Waals surface area contributed by atoms with Gasteiger partial charge in [-0.3, -0.25) is 9.48 Å². The van der Waals surface area contributed by atoms with Gasteiger partial charge in [-0.25, -0.2) is 0 Å². The van der Waals surface area contributed by atoms with E-state index in [4.69, 9.17) is 32.7 Å². The molecule has 1 atom stereocenters. The van der Waals surface area contributed by atoms with Gasteiger partial charge in [-0.05, 0) is 19.1 Å². The van der Waals surface area contributed by atoms with E-state index in [1.807, 2.05) is 12.1 Å². The van der Waals surface area contributed by atoms with Gasteiger partial charge in [0.05, 0.1) is 35.5 Å². The SMILES string of the molecule is COC[C@H]1CN(C(=O)Cn2nc(C(F)(F)F)c(Cl)c2C)CCN1c1ccc(Cl)c(OC)c1. The first-order chi connectivity index (χ1) is 15.1. The van der Waals surface area contributed by atoms with E-state index in [0.29, 0.717) is 37.0 Å². The number of methoxy groups -OCH3 is 2. The van der Waals surface area contributed by atoms with Crippen molar-refractivity contribution in [3.05, 3.63) is 39.6 Å². The number of rotatable bonds is 6. The molecule has 0 radical (unpaired) electrons. The lowest BCUT2D eigenvalue weighted by Crippen LogP contribution is -2.57. The second-order valence-electron chi connectivity index (χ2n) is 7.36. The molecule has 0 unspecified atom stereocenters. The standard InChI is InChI=1S/C20H23Cl2F3N4O3/c1-12-18(22)19(20(23,24)25)26-29(12)10-17(30)27-6-7-28(14(9-27)11-31-2)13-4-5-15(21)16(8-13)32-3/h4-5,8,14H,6-7,9-11H2,1-3H3/t14-/m1/s1. The van der Waals surface area contributed by atoms with Gasteiger partial charge in [0.25, 0.3) is 0 Å². The predicted octanol–water partition coefficient (Wildman–Crippen LogP) is 3.89.